The van der Waals surface area contributed by atoms with Crippen LogP contribution in [0.1, 0.15) is 28.7 Å². The van der Waals surface area contributed by atoms with Gasteiger partial charge in [0.15, 0.2) is 5.82 Å². The van der Waals surface area contributed by atoms with Crippen molar-refractivity contribution in [3.8, 4) is 17.2 Å². The van der Waals surface area contributed by atoms with Crippen LogP contribution < -0.4 is 5.32 Å². The second-order valence-corrected chi connectivity index (χ2v) is 12.2. The number of anilines is 1. The smallest absolute Gasteiger partial charge is 0.407 e. The Morgan fingerprint density at radius 1 is 0.854 bits per heavy atom. The summed E-state index contributed by atoms with van der Waals surface area (Å²) in [6, 6.07) is 43.5. The van der Waals surface area contributed by atoms with Gasteiger partial charge >= 0.3 is 6.09 Å². The average molecular weight is 652 g/mol. The van der Waals surface area contributed by atoms with E-state index in [1.165, 1.54) is 4.90 Å². The summed E-state index contributed by atoms with van der Waals surface area (Å²) in [5.41, 5.74) is 4.58. The molecule has 5 aromatic carbocycles. The molecule has 0 radical (unpaired) electrons. The van der Waals surface area contributed by atoms with Crippen molar-refractivity contribution >= 4 is 40.3 Å². The number of amides is 2. The Labute approximate surface area is 282 Å². The van der Waals surface area contributed by atoms with Crippen molar-refractivity contribution in [2.45, 2.75) is 12.0 Å². The van der Waals surface area contributed by atoms with Gasteiger partial charge in [0, 0.05) is 29.1 Å². The number of nitrogens with zero attached hydrogens (tertiary/aromatic N) is 4. The first kappa shape index (κ1) is 30.7. The molecule has 1 atom stereocenters. The highest BCUT2D eigenvalue weighted by molar-refractivity contribution is 6.33. The number of carbonyl (C=O) groups excluding carboxylic acids is 1. The van der Waals surface area contributed by atoms with E-state index < -0.39 is 17.6 Å². The Kier molecular flexibility index (Phi) is 8.14. The van der Waals surface area contributed by atoms with Crippen molar-refractivity contribution in [3.63, 3.8) is 0 Å². The van der Waals surface area contributed by atoms with Gasteiger partial charge in [-0.3, -0.25) is 4.79 Å². The van der Waals surface area contributed by atoms with Crippen LogP contribution in [0.4, 0.5) is 10.6 Å². The molecule has 0 spiro atoms. The summed E-state index contributed by atoms with van der Waals surface area (Å²) in [5, 5.41) is 28.5. The molecule has 8 nitrogen and oxygen atoms in total. The maximum atomic E-state index is 13.8. The Bertz CT molecular complexity index is 2080. The molecule has 48 heavy (non-hydrogen) atoms. The van der Waals surface area contributed by atoms with Crippen LogP contribution in [0.25, 0.3) is 22.0 Å². The summed E-state index contributed by atoms with van der Waals surface area (Å²) >= 11 is 6.65. The van der Waals surface area contributed by atoms with E-state index in [9.17, 15) is 20.0 Å². The molecule has 0 aliphatic carbocycles. The maximum absolute atomic E-state index is 13.8. The van der Waals surface area contributed by atoms with Gasteiger partial charge in [0.25, 0.3) is 0 Å². The lowest BCUT2D eigenvalue weighted by molar-refractivity contribution is -0.119. The van der Waals surface area contributed by atoms with Crippen LogP contribution in [0.2, 0.25) is 5.02 Å². The minimum atomic E-state index is -1.04. The number of carboxylic acid groups (broad SMARTS) is 1. The molecule has 1 aliphatic heterocycles. The van der Waals surface area contributed by atoms with E-state index in [0.29, 0.717) is 40.3 Å². The first-order valence-corrected chi connectivity index (χ1v) is 16.0. The van der Waals surface area contributed by atoms with E-state index in [1.54, 1.807) is 18.2 Å². The van der Waals surface area contributed by atoms with Crippen molar-refractivity contribution in [1.82, 2.24) is 14.7 Å². The largest absolute Gasteiger partial charge is 0.465 e. The first-order valence-electron chi connectivity index (χ1n) is 15.6. The van der Waals surface area contributed by atoms with Crippen molar-refractivity contribution in [1.29, 1.82) is 5.26 Å². The van der Waals surface area contributed by atoms with Crippen molar-refractivity contribution in [2.75, 3.05) is 18.4 Å². The third kappa shape index (κ3) is 5.34. The molecular weight excluding hydrogens is 622 g/mol. The second kappa shape index (κ2) is 12.7. The number of nitrogens with one attached hydrogen (secondary N) is 1. The summed E-state index contributed by atoms with van der Waals surface area (Å²) in [7, 11) is 0. The monoisotopic (exact) mass is 651 g/mol. The van der Waals surface area contributed by atoms with Gasteiger partial charge in [0.1, 0.15) is 5.54 Å². The van der Waals surface area contributed by atoms with Gasteiger partial charge in [-0.05, 0) is 59.0 Å². The molecule has 0 unspecified atom stereocenters. The molecule has 0 saturated carbocycles. The van der Waals surface area contributed by atoms with Crippen LogP contribution in [-0.2, 0) is 10.3 Å². The molecule has 1 aliphatic rings. The van der Waals surface area contributed by atoms with E-state index >= 15 is 0 Å². The number of likely N-dealkylation sites (tertiary alicyclic amines) is 1. The summed E-state index contributed by atoms with van der Waals surface area (Å²) < 4.78 is 1.97. The van der Waals surface area contributed by atoms with Gasteiger partial charge in [-0.2, -0.15) is 10.4 Å². The number of hydrogen-bond acceptors (Lipinski definition) is 4. The zero-order valence-corrected chi connectivity index (χ0v) is 26.5. The number of rotatable bonds is 7. The standard InChI is InChI=1S/C39H30ClN5O3/c40-34-18-16-26(24-41)22-32(34)27-17-19-35-33(23-27)36(42-37(46)28-20-21-44(25-28)38(47)48)43-45(35)39(29-10-4-1-5-11-29,30-12-6-2-7-13-30)31-14-8-3-9-15-31/h1-19,22-23,28H,20-21,25H2,(H,47,48)(H,42,43,46)/t28-/m1/s1. The highest BCUT2D eigenvalue weighted by atomic mass is 35.5. The molecule has 7 rings (SSSR count). The van der Waals surface area contributed by atoms with Crippen LogP contribution >= 0.6 is 11.6 Å². The maximum Gasteiger partial charge on any atom is 0.407 e. The predicted octanol–water partition coefficient (Wildman–Crippen LogP) is 8.01. The third-order valence-corrected chi connectivity index (χ3v) is 9.38. The fourth-order valence-electron chi connectivity index (χ4n) is 6.72. The van der Waals surface area contributed by atoms with E-state index in [1.807, 2.05) is 77.5 Å². The third-order valence-electron chi connectivity index (χ3n) is 9.05. The molecule has 9 heteroatoms. The number of halogens is 1. The van der Waals surface area contributed by atoms with Gasteiger partial charge in [-0.25, -0.2) is 9.48 Å². The molecule has 6 aromatic rings. The Morgan fingerprint density at radius 2 is 1.46 bits per heavy atom. The molecule has 1 aromatic heterocycles. The van der Waals surface area contributed by atoms with Gasteiger partial charge < -0.3 is 15.3 Å². The van der Waals surface area contributed by atoms with E-state index in [4.69, 9.17) is 16.7 Å². The fourth-order valence-corrected chi connectivity index (χ4v) is 6.95. The number of hydrogen-bond donors (Lipinski definition) is 2. The SMILES string of the molecule is N#Cc1ccc(Cl)c(-c2ccc3c(c2)c(NC(=O)[C@@H]2CCN(C(=O)O)C2)nn3C(c2ccccc2)(c2ccccc2)c2ccccc2)c1. The number of carbonyl (C=O) groups is 2. The average Bonchev–Trinajstić information content (AvgIpc) is 3.77. The van der Waals surface area contributed by atoms with E-state index in [0.717, 1.165) is 27.8 Å². The lowest BCUT2D eigenvalue weighted by Crippen LogP contribution is -2.38. The molecule has 0 bridgehead atoms. The molecule has 236 valence electrons. The zero-order chi connectivity index (χ0) is 33.3. The Hall–Kier alpha value is -5.91. The number of aromatic nitrogens is 2. The molecule has 1 fully saturated rings. The topological polar surface area (TPSA) is 111 Å². The normalized spacial score (nSPS) is 14.5. The number of nitriles is 1. The van der Waals surface area contributed by atoms with Crippen LogP contribution in [-0.4, -0.2) is 44.9 Å². The lowest BCUT2D eigenvalue weighted by Gasteiger charge is -2.37. The van der Waals surface area contributed by atoms with Crippen LogP contribution in [0.5, 0.6) is 0 Å². The minimum absolute atomic E-state index is 0.115. The molecule has 2 N–H and O–H groups in total. The molecule has 1 saturated heterocycles. The predicted molar refractivity (Wildman–Crippen MR) is 186 cm³/mol. The van der Waals surface area contributed by atoms with Gasteiger partial charge in [0.05, 0.1) is 23.1 Å². The summed E-state index contributed by atoms with van der Waals surface area (Å²) in [6.07, 6.45) is -0.625. The Morgan fingerprint density at radius 3 is 2.00 bits per heavy atom. The quantitative estimate of drug-likeness (QED) is 0.170. The molecular formula is C39H30ClN5O3. The van der Waals surface area contributed by atoms with Gasteiger partial charge in [0.2, 0.25) is 5.91 Å². The van der Waals surface area contributed by atoms with Crippen molar-refractivity contribution < 1.29 is 14.7 Å². The summed E-state index contributed by atoms with van der Waals surface area (Å²) in [6.45, 7) is 0.406. The van der Waals surface area contributed by atoms with Crippen LogP contribution in [0.15, 0.2) is 127 Å². The first-order chi connectivity index (χ1) is 23.4. The summed E-state index contributed by atoms with van der Waals surface area (Å²) in [4.78, 5) is 26.6. The second-order valence-electron chi connectivity index (χ2n) is 11.8. The number of fused-ring (bicyclic) bond motifs is 1. The summed E-state index contributed by atoms with van der Waals surface area (Å²) in [5.74, 6) is -0.483. The Balaban J connectivity index is 1.50. The lowest BCUT2D eigenvalue weighted by atomic mass is 9.77. The highest BCUT2D eigenvalue weighted by Gasteiger charge is 2.41. The molecule has 2 heterocycles. The van der Waals surface area contributed by atoms with Crippen LogP contribution in [0, 0.1) is 17.2 Å². The van der Waals surface area contributed by atoms with E-state index in [2.05, 4.69) is 47.8 Å². The minimum Gasteiger partial charge on any atom is -0.465 e. The van der Waals surface area contributed by atoms with Crippen LogP contribution in [0.3, 0.4) is 0 Å². The fraction of sp³-hybridized carbons (Fsp3) is 0.128. The zero-order valence-electron chi connectivity index (χ0n) is 25.8. The molecule has 2 amide bonds. The highest BCUT2D eigenvalue weighted by Crippen LogP contribution is 2.44. The number of benzene rings is 5. The van der Waals surface area contributed by atoms with E-state index in [-0.39, 0.29) is 12.5 Å². The van der Waals surface area contributed by atoms with Crippen molar-refractivity contribution in [2.24, 2.45) is 5.92 Å². The van der Waals surface area contributed by atoms with Gasteiger partial charge in [-0.1, -0.05) is 109 Å². The van der Waals surface area contributed by atoms with Gasteiger partial charge in [-0.15, -0.1) is 0 Å². The van der Waals surface area contributed by atoms with Crippen molar-refractivity contribution in [3.05, 3.63) is 155 Å².